The maximum Gasteiger partial charge on any atom is 0.410 e. The summed E-state index contributed by atoms with van der Waals surface area (Å²) in [4.78, 5) is 17.8. The molecule has 3 rings (SSSR count). The third-order valence-electron chi connectivity index (χ3n) is 3.99. The van der Waals surface area contributed by atoms with Crippen molar-refractivity contribution in [2.24, 2.45) is 0 Å². The molecule has 24 heavy (non-hydrogen) atoms. The lowest BCUT2D eigenvalue weighted by molar-refractivity contribution is 0.0224. The number of amides is 1. The van der Waals surface area contributed by atoms with Gasteiger partial charge in [-0.2, -0.15) is 0 Å². The van der Waals surface area contributed by atoms with E-state index in [0.29, 0.717) is 18.7 Å². The van der Waals surface area contributed by atoms with Crippen molar-refractivity contribution in [3.63, 3.8) is 0 Å². The highest BCUT2D eigenvalue weighted by molar-refractivity contribution is 5.73. The van der Waals surface area contributed by atoms with Gasteiger partial charge in [0, 0.05) is 24.8 Å². The molecular weight excluding hydrogens is 307 g/mol. The zero-order valence-electron chi connectivity index (χ0n) is 14.2. The minimum absolute atomic E-state index is 0.335. The van der Waals surface area contributed by atoms with Gasteiger partial charge in [-0.3, -0.25) is 4.98 Å². The van der Waals surface area contributed by atoms with E-state index in [1.54, 1.807) is 17.2 Å². The molecule has 2 aromatic rings. The number of carbonyl (C=O) groups is 1. The van der Waals surface area contributed by atoms with Gasteiger partial charge in [-0.05, 0) is 49.9 Å². The minimum Gasteiger partial charge on any atom is -0.444 e. The van der Waals surface area contributed by atoms with Crippen LogP contribution in [0.3, 0.4) is 0 Å². The zero-order chi connectivity index (χ0) is 17.3. The fraction of sp³-hybridized carbons (Fsp3) is 0.368. The Balaban J connectivity index is 1.93. The van der Waals surface area contributed by atoms with Crippen LogP contribution in [0.2, 0.25) is 0 Å². The molecule has 0 spiro atoms. The standard InChI is InChI=1S/C19H21FN2O2/c1-19(2,3)24-18(23)22-10-8-13-5-4-6-14(16(13)12-22)15-7-9-21-11-17(15)20/h4-7,9,11H,8,10,12H2,1-3H3. The van der Waals surface area contributed by atoms with Crippen molar-refractivity contribution in [3.05, 3.63) is 53.6 Å². The van der Waals surface area contributed by atoms with Crippen LogP contribution in [0, 0.1) is 5.82 Å². The Morgan fingerprint density at radius 2 is 2.04 bits per heavy atom. The fourth-order valence-corrected chi connectivity index (χ4v) is 2.91. The molecule has 0 bridgehead atoms. The molecular formula is C19H21FN2O2. The van der Waals surface area contributed by atoms with Crippen molar-refractivity contribution in [2.75, 3.05) is 6.54 Å². The van der Waals surface area contributed by atoms with Crippen LogP contribution in [0.15, 0.2) is 36.7 Å². The summed E-state index contributed by atoms with van der Waals surface area (Å²) in [6, 6.07) is 7.51. The van der Waals surface area contributed by atoms with Crippen molar-refractivity contribution in [1.82, 2.24) is 9.88 Å². The molecule has 0 radical (unpaired) electrons. The first-order valence-corrected chi connectivity index (χ1v) is 8.04. The van der Waals surface area contributed by atoms with E-state index in [4.69, 9.17) is 4.74 Å². The minimum atomic E-state index is -0.534. The molecule has 1 aromatic heterocycles. The highest BCUT2D eigenvalue weighted by Gasteiger charge is 2.27. The normalized spacial score (nSPS) is 14.2. The van der Waals surface area contributed by atoms with Gasteiger partial charge in [-0.15, -0.1) is 0 Å². The first-order chi connectivity index (χ1) is 11.3. The summed E-state index contributed by atoms with van der Waals surface area (Å²) in [7, 11) is 0. The lowest BCUT2D eigenvalue weighted by Crippen LogP contribution is -2.40. The van der Waals surface area contributed by atoms with Gasteiger partial charge in [0.05, 0.1) is 6.20 Å². The molecule has 1 amide bonds. The summed E-state index contributed by atoms with van der Waals surface area (Å²) in [5.41, 5.74) is 2.89. The van der Waals surface area contributed by atoms with E-state index < -0.39 is 5.60 Å². The summed E-state index contributed by atoms with van der Waals surface area (Å²) in [5.74, 6) is -0.361. The van der Waals surface area contributed by atoms with Crippen LogP contribution < -0.4 is 0 Å². The average Bonchev–Trinajstić information content (AvgIpc) is 2.53. The fourth-order valence-electron chi connectivity index (χ4n) is 2.91. The number of fused-ring (bicyclic) bond motifs is 1. The van der Waals surface area contributed by atoms with Crippen molar-refractivity contribution < 1.29 is 13.9 Å². The van der Waals surface area contributed by atoms with Crippen LogP contribution in [-0.2, 0) is 17.7 Å². The van der Waals surface area contributed by atoms with Crippen LogP contribution in [0.4, 0.5) is 9.18 Å². The van der Waals surface area contributed by atoms with E-state index in [-0.39, 0.29) is 11.9 Å². The molecule has 0 N–H and O–H groups in total. The Bertz CT molecular complexity index is 768. The maximum absolute atomic E-state index is 14.2. The average molecular weight is 328 g/mol. The number of rotatable bonds is 1. The van der Waals surface area contributed by atoms with E-state index in [9.17, 15) is 9.18 Å². The number of hydrogen-bond donors (Lipinski definition) is 0. The molecule has 126 valence electrons. The number of aromatic nitrogens is 1. The molecule has 1 aliphatic rings. The monoisotopic (exact) mass is 328 g/mol. The molecule has 0 saturated carbocycles. The Labute approximate surface area is 141 Å². The van der Waals surface area contributed by atoms with Gasteiger partial charge in [-0.25, -0.2) is 9.18 Å². The van der Waals surface area contributed by atoms with E-state index in [0.717, 1.165) is 23.1 Å². The van der Waals surface area contributed by atoms with E-state index in [2.05, 4.69) is 4.98 Å². The van der Waals surface area contributed by atoms with Crippen LogP contribution in [-0.4, -0.2) is 28.1 Å². The number of nitrogens with zero attached hydrogens (tertiary/aromatic N) is 2. The number of hydrogen-bond acceptors (Lipinski definition) is 3. The van der Waals surface area contributed by atoms with Crippen LogP contribution >= 0.6 is 0 Å². The molecule has 0 atom stereocenters. The van der Waals surface area contributed by atoms with E-state index in [1.165, 1.54) is 6.20 Å². The molecule has 5 heteroatoms. The zero-order valence-corrected chi connectivity index (χ0v) is 14.2. The van der Waals surface area contributed by atoms with Gasteiger partial charge in [0.25, 0.3) is 0 Å². The van der Waals surface area contributed by atoms with Gasteiger partial charge in [0.2, 0.25) is 0 Å². The second-order valence-electron chi connectivity index (χ2n) is 6.95. The Hall–Kier alpha value is -2.43. The summed E-state index contributed by atoms with van der Waals surface area (Å²) < 4.78 is 19.6. The second-order valence-corrected chi connectivity index (χ2v) is 6.95. The van der Waals surface area contributed by atoms with E-state index >= 15 is 0 Å². The van der Waals surface area contributed by atoms with Crippen LogP contribution in [0.5, 0.6) is 0 Å². The molecule has 0 unspecified atom stereocenters. The van der Waals surface area contributed by atoms with Crippen molar-refractivity contribution in [3.8, 4) is 11.1 Å². The SMILES string of the molecule is CC(C)(C)OC(=O)N1CCc2cccc(-c3ccncc3F)c2C1. The number of ether oxygens (including phenoxy) is 1. The predicted octanol–water partition coefficient (Wildman–Crippen LogP) is 4.18. The number of halogens is 1. The number of carbonyl (C=O) groups excluding carboxylic acids is 1. The Kier molecular flexibility index (Phi) is 4.26. The summed E-state index contributed by atoms with van der Waals surface area (Å²) in [6.45, 7) is 6.56. The first-order valence-electron chi connectivity index (χ1n) is 8.04. The van der Waals surface area contributed by atoms with E-state index in [1.807, 2.05) is 39.0 Å². The van der Waals surface area contributed by atoms with Crippen LogP contribution in [0.1, 0.15) is 31.9 Å². The molecule has 1 aliphatic heterocycles. The number of pyridine rings is 1. The van der Waals surface area contributed by atoms with Crippen molar-refractivity contribution in [2.45, 2.75) is 39.3 Å². The summed E-state index contributed by atoms with van der Waals surface area (Å²) in [5, 5.41) is 0. The van der Waals surface area contributed by atoms with Crippen molar-refractivity contribution in [1.29, 1.82) is 0 Å². The second kappa shape index (κ2) is 6.23. The lowest BCUT2D eigenvalue weighted by Gasteiger charge is -2.32. The predicted molar refractivity (Wildman–Crippen MR) is 90.0 cm³/mol. The number of benzene rings is 1. The molecule has 0 fully saturated rings. The summed E-state index contributed by atoms with van der Waals surface area (Å²) in [6.07, 6.45) is 3.18. The van der Waals surface area contributed by atoms with Gasteiger partial charge in [0.15, 0.2) is 0 Å². The van der Waals surface area contributed by atoms with Crippen LogP contribution in [0.25, 0.3) is 11.1 Å². The van der Waals surface area contributed by atoms with Gasteiger partial charge >= 0.3 is 6.09 Å². The van der Waals surface area contributed by atoms with Gasteiger partial charge in [0.1, 0.15) is 11.4 Å². The Morgan fingerprint density at radius 1 is 1.25 bits per heavy atom. The van der Waals surface area contributed by atoms with Gasteiger partial charge < -0.3 is 9.64 Å². The Morgan fingerprint density at radius 3 is 2.75 bits per heavy atom. The largest absolute Gasteiger partial charge is 0.444 e. The molecule has 0 saturated heterocycles. The highest BCUT2D eigenvalue weighted by Crippen LogP contribution is 2.32. The summed E-state index contributed by atoms with van der Waals surface area (Å²) >= 11 is 0. The molecule has 4 nitrogen and oxygen atoms in total. The molecule has 2 heterocycles. The molecule has 1 aromatic carbocycles. The molecule has 0 aliphatic carbocycles. The first kappa shape index (κ1) is 16.4. The van der Waals surface area contributed by atoms with Crippen molar-refractivity contribution >= 4 is 6.09 Å². The topological polar surface area (TPSA) is 42.4 Å². The highest BCUT2D eigenvalue weighted by atomic mass is 19.1. The third-order valence-corrected chi connectivity index (χ3v) is 3.99. The lowest BCUT2D eigenvalue weighted by atomic mass is 9.91. The smallest absolute Gasteiger partial charge is 0.410 e. The maximum atomic E-state index is 14.2. The third kappa shape index (κ3) is 3.40. The quantitative estimate of drug-likeness (QED) is 0.788. The van der Waals surface area contributed by atoms with Gasteiger partial charge in [-0.1, -0.05) is 18.2 Å².